The van der Waals surface area contributed by atoms with Gasteiger partial charge in [0, 0.05) is 17.9 Å². The van der Waals surface area contributed by atoms with Gasteiger partial charge in [0.25, 0.3) is 5.56 Å². The molecule has 0 saturated heterocycles. The minimum absolute atomic E-state index is 0.105. The summed E-state index contributed by atoms with van der Waals surface area (Å²) in [5, 5.41) is 5.79. The van der Waals surface area contributed by atoms with Gasteiger partial charge < -0.3 is 15.6 Å². The van der Waals surface area contributed by atoms with Crippen LogP contribution in [0.2, 0.25) is 0 Å². The summed E-state index contributed by atoms with van der Waals surface area (Å²) in [5.74, 6) is -0.890. The van der Waals surface area contributed by atoms with Crippen molar-refractivity contribution in [1.29, 1.82) is 0 Å². The highest BCUT2D eigenvalue weighted by Crippen LogP contribution is 2.31. The van der Waals surface area contributed by atoms with Crippen molar-refractivity contribution in [2.45, 2.75) is 30.2 Å². The molecule has 0 aliphatic carbocycles. The Morgan fingerprint density at radius 1 is 1.17 bits per heavy atom. The number of nitrogens with one attached hydrogen (secondary N) is 3. The van der Waals surface area contributed by atoms with Crippen molar-refractivity contribution < 1.29 is 9.59 Å². The summed E-state index contributed by atoms with van der Waals surface area (Å²) in [6, 6.07) is 17.0. The molecule has 0 unspecified atom stereocenters. The molecule has 4 rings (SSSR count). The maximum Gasteiger partial charge on any atom is 0.257 e. The average Bonchev–Trinajstić information content (AvgIpc) is 2.72. The van der Waals surface area contributed by atoms with Crippen molar-refractivity contribution in [1.82, 2.24) is 9.97 Å². The van der Waals surface area contributed by atoms with Crippen molar-refractivity contribution in [3.05, 3.63) is 81.6 Å². The second-order valence-electron chi connectivity index (χ2n) is 7.07. The Bertz CT molecular complexity index is 1160. The number of fused-ring (bicyclic) bond motifs is 1. The maximum absolute atomic E-state index is 12.8. The summed E-state index contributed by atoms with van der Waals surface area (Å²) in [6.45, 7) is 2.02. The summed E-state index contributed by atoms with van der Waals surface area (Å²) < 4.78 is 0. The Kier molecular flexibility index (Phi) is 5.67. The lowest BCUT2D eigenvalue weighted by Gasteiger charge is -2.23. The molecule has 1 aliphatic heterocycles. The number of hydrogen-bond donors (Lipinski definition) is 3. The predicted molar refractivity (Wildman–Crippen MR) is 117 cm³/mol. The van der Waals surface area contributed by atoms with E-state index in [1.165, 1.54) is 11.8 Å². The lowest BCUT2D eigenvalue weighted by molar-refractivity contribution is -0.123. The smallest absolute Gasteiger partial charge is 0.257 e. The topological polar surface area (TPSA) is 104 Å². The van der Waals surface area contributed by atoms with Gasteiger partial charge in [-0.1, -0.05) is 59.8 Å². The lowest BCUT2D eigenvalue weighted by atomic mass is 9.92. The molecule has 2 aromatic carbocycles. The molecule has 2 heterocycles. The van der Waals surface area contributed by atoms with Gasteiger partial charge in [0.05, 0.1) is 11.5 Å². The SMILES string of the molecule is Cc1cccc(CSc2nc3c(c(=O)[nH]2)[C@H](C(=O)Nc2ccccc2)CC(=O)N3)c1. The highest BCUT2D eigenvalue weighted by Gasteiger charge is 2.34. The Morgan fingerprint density at radius 2 is 1.97 bits per heavy atom. The van der Waals surface area contributed by atoms with Crippen molar-refractivity contribution in [2.75, 3.05) is 10.6 Å². The van der Waals surface area contributed by atoms with Crippen LogP contribution in [0.25, 0.3) is 0 Å². The summed E-state index contributed by atoms with van der Waals surface area (Å²) in [7, 11) is 0. The van der Waals surface area contributed by atoms with E-state index in [9.17, 15) is 14.4 Å². The third kappa shape index (κ3) is 4.44. The first-order valence-electron chi connectivity index (χ1n) is 9.48. The van der Waals surface area contributed by atoms with Crippen molar-refractivity contribution in [2.24, 2.45) is 0 Å². The summed E-state index contributed by atoms with van der Waals surface area (Å²) in [5.41, 5.74) is 2.62. The van der Waals surface area contributed by atoms with Gasteiger partial charge in [0.15, 0.2) is 5.16 Å². The van der Waals surface area contributed by atoms with Crippen LogP contribution in [0.3, 0.4) is 0 Å². The molecule has 8 heteroatoms. The van der Waals surface area contributed by atoms with Crippen LogP contribution in [-0.2, 0) is 15.3 Å². The fraction of sp³-hybridized carbons (Fsp3) is 0.182. The Hall–Kier alpha value is -3.39. The summed E-state index contributed by atoms with van der Waals surface area (Å²) in [4.78, 5) is 44.9. The normalized spacial score (nSPS) is 15.2. The fourth-order valence-electron chi connectivity index (χ4n) is 3.35. The molecule has 1 atom stereocenters. The molecule has 152 valence electrons. The number of anilines is 2. The van der Waals surface area contributed by atoms with Crippen LogP contribution in [0.4, 0.5) is 11.5 Å². The number of nitrogens with zero attached hydrogens (tertiary/aromatic N) is 1. The Morgan fingerprint density at radius 3 is 2.73 bits per heavy atom. The molecular formula is C22H20N4O3S. The molecule has 30 heavy (non-hydrogen) atoms. The monoisotopic (exact) mass is 420 g/mol. The molecule has 7 nitrogen and oxygen atoms in total. The molecule has 0 radical (unpaired) electrons. The van der Waals surface area contributed by atoms with E-state index in [1.807, 2.05) is 31.2 Å². The molecule has 2 amide bonds. The van der Waals surface area contributed by atoms with E-state index in [-0.39, 0.29) is 23.7 Å². The second-order valence-corrected chi connectivity index (χ2v) is 8.04. The summed E-state index contributed by atoms with van der Waals surface area (Å²) in [6.07, 6.45) is -0.105. The number of hydrogen-bond acceptors (Lipinski definition) is 5. The first-order chi connectivity index (χ1) is 14.5. The lowest BCUT2D eigenvalue weighted by Crippen LogP contribution is -2.36. The molecule has 0 bridgehead atoms. The molecule has 0 spiro atoms. The number of thioether (sulfide) groups is 1. The van der Waals surface area contributed by atoms with Gasteiger partial charge in [-0.05, 0) is 24.6 Å². The minimum Gasteiger partial charge on any atom is -0.326 e. The fourth-order valence-corrected chi connectivity index (χ4v) is 4.15. The van der Waals surface area contributed by atoms with Crippen LogP contribution >= 0.6 is 11.8 Å². The standard InChI is InChI=1S/C22H20N4O3S/c1-13-6-5-7-14(10-13)12-30-22-25-19-18(21(29)26-22)16(11-17(27)24-19)20(28)23-15-8-3-2-4-9-15/h2-10,16H,11-12H2,1H3,(H,23,28)(H2,24,25,26,27,29)/t16-/m1/s1. The van der Waals surface area contributed by atoms with Gasteiger partial charge in [-0.2, -0.15) is 0 Å². The van der Waals surface area contributed by atoms with Gasteiger partial charge in [0.2, 0.25) is 11.8 Å². The molecule has 1 aromatic heterocycles. The number of H-pyrrole nitrogens is 1. The third-order valence-electron chi connectivity index (χ3n) is 4.75. The van der Waals surface area contributed by atoms with Crippen LogP contribution in [0.5, 0.6) is 0 Å². The number of carbonyl (C=O) groups excluding carboxylic acids is 2. The highest BCUT2D eigenvalue weighted by atomic mass is 32.2. The highest BCUT2D eigenvalue weighted by molar-refractivity contribution is 7.98. The number of aromatic nitrogens is 2. The van der Waals surface area contributed by atoms with Gasteiger partial charge in [-0.15, -0.1) is 0 Å². The summed E-state index contributed by atoms with van der Waals surface area (Å²) >= 11 is 1.36. The van der Waals surface area contributed by atoms with Crippen LogP contribution in [0.1, 0.15) is 29.0 Å². The average molecular weight is 420 g/mol. The molecule has 3 N–H and O–H groups in total. The van der Waals surface area contributed by atoms with Crippen LogP contribution in [0.15, 0.2) is 64.5 Å². The van der Waals surface area contributed by atoms with Crippen molar-refractivity contribution in [3.8, 4) is 0 Å². The number of benzene rings is 2. The number of para-hydroxylation sites is 1. The van der Waals surface area contributed by atoms with E-state index in [1.54, 1.807) is 24.3 Å². The van der Waals surface area contributed by atoms with E-state index < -0.39 is 17.4 Å². The van der Waals surface area contributed by atoms with Gasteiger partial charge >= 0.3 is 0 Å². The second kappa shape index (κ2) is 8.54. The van der Waals surface area contributed by atoms with Gasteiger partial charge in [-0.25, -0.2) is 4.98 Å². The van der Waals surface area contributed by atoms with Crippen molar-refractivity contribution >= 4 is 35.1 Å². The molecule has 3 aromatic rings. The van der Waals surface area contributed by atoms with E-state index in [0.29, 0.717) is 16.6 Å². The predicted octanol–water partition coefficient (Wildman–Crippen LogP) is 3.44. The third-order valence-corrected chi connectivity index (χ3v) is 5.69. The van der Waals surface area contributed by atoms with E-state index in [2.05, 4.69) is 26.7 Å². The number of rotatable bonds is 5. The molecule has 0 saturated carbocycles. The van der Waals surface area contributed by atoms with Crippen LogP contribution in [-0.4, -0.2) is 21.8 Å². The largest absolute Gasteiger partial charge is 0.326 e. The zero-order valence-electron chi connectivity index (χ0n) is 16.3. The first-order valence-corrected chi connectivity index (χ1v) is 10.5. The molecule has 0 fully saturated rings. The number of aromatic amines is 1. The maximum atomic E-state index is 12.8. The van der Waals surface area contributed by atoms with Gasteiger partial charge in [0.1, 0.15) is 5.82 Å². The number of aryl methyl sites for hydroxylation is 1. The Balaban J connectivity index is 1.58. The van der Waals surface area contributed by atoms with Gasteiger partial charge in [-0.3, -0.25) is 14.4 Å². The van der Waals surface area contributed by atoms with E-state index in [0.717, 1.165) is 11.1 Å². The molecular weight excluding hydrogens is 400 g/mol. The van der Waals surface area contributed by atoms with Crippen LogP contribution in [0, 0.1) is 6.92 Å². The zero-order chi connectivity index (χ0) is 21.1. The van der Waals surface area contributed by atoms with Crippen LogP contribution < -0.4 is 16.2 Å². The molecule has 1 aliphatic rings. The number of amides is 2. The number of carbonyl (C=O) groups is 2. The van der Waals surface area contributed by atoms with Crippen molar-refractivity contribution in [3.63, 3.8) is 0 Å². The first kappa shape index (κ1) is 19.9. The Labute approximate surface area is 177 Å². The minimum atomic E-state index is -0.902. The van der Waals surface area contributed by atoms with E-state index >= 15 is 0 Å². The van der Waals surface area contributed by atoms with E-state index in [4.69, 9.17) is 0 Å². The zero-order valence-corrected chi connectivity index (χ0v) is 17.1. The quantitative estimate of drug-likeness (QED) is 0.433.